The molecule has 1 saturated heterocycles. The summed E-state index contributed by atoms with van der Waals surface area (Å²) in [6.45, 7) is 1.49. The first-order chi connectivity index (χ1) is 9.31. The summed E-state index contributed by atoms with van der Waals surface area (Å²) in [5.41, 5.74) is -1.000. The van der Waals surface area contributed by atoms with Gasteiger partial charge in [-0.15, -0.1) is 0 Å². The number of nitrogens with one attached hydrogen (secondary N) is 1. The Labute approximate surface area is 112 Å². The first kappa shape index (κ1) is 14.4. The standard InChI is InChI=1S/C11H14N2O7/c1-4-3-13(11(19)12-9(4)16)6-2-5(14)8(20-6)7(15)10(17)18/h3,5-8,14-15H,2H2,1H3,(H,17,18)(H,12,16,19)/t5-,6+,7?,8-/m0/s1. The highest BCUT2D eigenvalue weighted by Gasteiger charge is 2.42. The summed E-state index contributed by atoms with van der Waals surface area (Å²) in [4.78, 5) is 35.7. The van der Waals surface area contributed by atoms with Crippen LogP contribution in [0.3, 0.4) is 0 Å². The second-order valence-corrected chi connectivity index (χ2v) is 4.62. The zero-order valence-corrected chi connectivity index (χ0v) is 10.5. The molecule has 9 nitrogen and oxygen atoms in total. The Morgan fingerprint density at radius 1 is 1.55 bits per heavy atom. The average molecular weight is 286 g/mol. The van der Waals surface area contributed by atoms with Crippen molar-refractivity contribution in [3.8, 4) is 0 Å². The molecular weight excluding hydrogens is 272 g/mol. The molecule has 1 unspecified atom stereocenters. The number of aliphatic hydroxyl groups excluding tert-OH is 2. The summed E-state index contributed by atoms with van der Waals surface area (Å²) >= 11 is 0. The lowest BCUT2D eigenvalue weighted by atomic mass is 10.1. The van der Waals surface area contributed by atoms with Gasteiger partial charge in [-0.2, -0.15) is 0 Å². The molecule has 0 amide bonds. The molecule has 2 rings (SSSR count). The molecule has 0 saturated carbocycles. The van der Waals surface area contributed by atoms with Gasteiger partial charge in [0.1, 0.15) is 12.3 Å². The lowest BCUT2D eigenvalue weighted by Crippen LogP contribution is -2.40. The second kappa shape index (κ2) is 5.19. The Hall–Kier alpha value is -1.97. The molecule has 1 aromatic rings. The number of carboxylic acids is 1. The van der Waals surface area contributed by atoms with Gasteiger partial charge in [0, 0.05) is 18.2 Å². The molecule has 1 aliphatic heterocycles. The van der Waals surface area contributed by atoms with Crippen LogP contribution in [0, 0.1) is 6.92 Å². The summed E-state index contributed by atoms with van der Waals surface area (Å²) < 4.78 is 6.27. The lowest BCUT2D eigenvalue weighted by molar-refractivity contribution is -0.160. The topological polar surface area (TPSA) is 142 Å². The van der Waals surface area contributed by atoms with Gasteiger partial charge in [0.15, 0.2) is 6.10 Å². The van der Waals surface area contributed by atoms with E-state index in [-0.39, 0.29) is 12.0 Å². The normalized spacial score (nSPS) is 27.4. The number of nitrogens with zero attached hydrogens (tertiary/aromatic N) is 1. The number of carboxylic acid groups (broad SMARTS) is 1. The zero-order chi connectivity index (χ0) is 15.0. The minimum Gasteiger partial charge on any atom is -0.479 e. The molecule has 0 aliphatic carbocycles. The van der Waals surface area contributed by atoms with Crippen LogP contribution in [0.15, 0.2) is 15.8 Å². The third-order valence-corrected chi connectivity index (χ3v) is 3.16. The minimum absolute atomic E-state index is 0.0691. The summed E-state index contributed by atoms with van der Waals surface area (Å²) in [6.07, 6.45) is -4.22. The highest BCUT2D eigenvalue weighted by atomic mass is 16.5. The quantitative estimate of drug-likeness (QED) is 0.500. The molecule has 4 atom stereocenters. The van der Waals surface area contributed by atoms with E-state index in [9.17, 15) is 24.6 Å². The maximum atomic E-state index is 11.7. The van der Waals surface area contributed by atoms with E-state index in [4.69, 9.17) is 9.84 Å². The lowest BCUT2D eigenvalue weighted by Gasteiger charge is -2.18. The van der Waals surface area contributed by atoms with Crippen molar-refractivity contribution in [2.45, 2.75) is 37.9 Å². The van der Waals surface area contributed by atoms with Crippen LogP contribution in [0.2, 0.25) is 0 Å². The number of aliphatic hydroxyl groups is 2. The number of aliphatic carboxylic acids is 1. The van der Waals surface area contributed by atoms with E-state index in [1.54, 1.807) is 0 Å². The van der Waals surface area contributed by atoms with Crippen molar-refractivity contribution in [1.29, 1.82) is 0 Å². The first-order valence-corrected chi connectivity index (χ1v) is 5.87. The molecule has 0 radical (unpaired) electrons. The van der Waals surface area contributed by atoms with Crippen molar-refractivity contribution in [2.75, 3.05) is 0 Å². The van der Waals surface area contributed by atoms with Gasteiger partial charge in [-0.25, -0.2) is 9.59 Å². The molecule has 4 N–H and O–H groups in total. The maximum absolute atomic E-state index is 11.7. The summed E-state index contributed by atoms with van der Waals surface area (Å²) in [7, 11) is 0. The molecule has 0 bridgehead atoms. The van der Waals surface area contributed by atoms with E-state index in [2.05, 4.69) is 4.98 Å². The third kappa shape index (κ3) is 2.50. The van der Waals surface area contributed by atoms with Gasteiger partial charge in [-0.1, -0.05) is 0 Å². The average Bonchev–Trinajstić information content (AvgIpc) is 2.74. The van der Waals surface area contributed by atoms with E-state index in [1.165, 1.54) is 13.1 Å². The first-order valence-electron chi connectivity index (χ1n) is 5.87. The number of rotatable bonds is 3. The predicted octanol–water partition coefficient (Wildman–Crippen LogP) is -2.06. The summed E-state index contributed by atoms with van der Waals surface area (Å²) in [5, 5.41) is 27.8. The van der Waals surface area contributed by atoms with Gasteiger partial charge in [0.05, 0.1) is 6.10 Å². The molecule has 20 heavy (non-hydrogen) atoms. The van der Waals surface area contributed by atoms with Crippen molar-refractivity contribution >= 4 is 5.97 Å². The molecule has 110 valence electrons. The maximum Gasteiger partial charge on any atom is 0.335 e. The smallest absolute Gasteiger partial charge is 0.335 e. The Morgan fingerprint density at radius 2 is 2.20 bits per heavy atom. The van der Waals surface area contributed by atoms with Crippen molar-refractivity contribution in [2.24, 2.45) is 0 Å². The Morgan fingerprint density at radius 3 is 2.80 bits per heavy atom. The number of aryl methyl sites for hydroxylation is 1. The second-order valence-electron chi connectivity index (χ2n) is 4.62. The fourth-order valence-corrected chi connectivity index (χ4v) is 2.07. The van der Waals surface area contributed by atoms with Gasteiger partial charge in [0.2, 0.25) is 0 Å². The fourth-order valence-electron chi connectivity index (χ4n) is 2.07. The number of aromatic amines is 1. The number of ether oxygens (including phenoxy) is 1. The highest BCUT2D eigenvalue weighted by Crippen LogP contribution is 2.29. The molecule has 1 aromatic heterocycles. The number of hydrogen-bond acceptors (Lipinski definition) is 6. The predicted molar refractivity (Wildman–Crippen MR) is 64.2 cm³/mol. The molecule has 0 spiro atoms. The van der Waals surface area contributed by atoms with Crippen LogP contribution >= 0.6 is 0 Å². The van der Waals surface area contributed by atoms with E-state index in [1.807, 2.05) is 0 Å². The minimum atomic E-state index is -1.89. The molecule has 2 heterocycles. The van der Waals surface area contributed by atoms with Gasteiger partial charge in [0.25, 0.3) is 5.56 Å². The fraction of sp³-hybridized carbons (Fsp3) is 0.545. The molecular formula is C11H14N2O7. The number of H-pyrrole nitrogens is 1. The van der Waals surface area contributed by atoms with Crippen molar-refractivity contribution in [3.63, 3.8) is 0 Å². The molecule has 0 aromatic carbocycles. The van der Waals surface area contributed by atoms with Crippen LogP contribution < -0.4 is 11.2 Å². The van der Waals surface area contributed by atoms with Crippen LogP contribution in [-0.4, -0.2) is 49.2 Å². The van der Waals surface area contributed by atoms with Gasteiger partial charge < -0.3 is 20.1 Å². The third-order valence-electron chi connectivity index (χ3n) is 3.16. The van der Waals surface area contributed by atoms with Crippen LogP contribution in [0.4, 0.5) is 0 Å². The number of aromatic nitrogens is 2. The van der Waals surface area contributed by atoms with Crippen LogP contribution in [-0.2, 0) is 9.53 Å². The Balaban J connectivity index is 2.29. The zero-order valence-electron chi connectivity index (χ0n) is 10.5. The summed E-state index contributed by atoms with van der Waals surface area (Å²) in [6, 6.07) is 0. The molecule has 9 heteroatoms. The van der Waals surface area contributed by atoms with Gasteiger partial charge >= 0.3 is 11.7 Å². The van der Waals surface area contributed by atoms with Crippen molar-refractivity contribution in [3.05, 3.63) is 32.6 Å². The van der Waals surface area contributed by atoms with Crippen LogP contribution in [0.1, 0.15) is 18.2 Å². The van der Waals surface area contributed by atoms with Crippen LogP contribution in [0.25, 0.3) is 0 Å². The van der Waals surface area contributed by atoms with Crippen molar-refractivity contribution in [1.82, 2.24) is 9.55 Å². The van der Waals surface area contributed by atoms with Crippen LogP contribution in [0.5, 0.6) is 0 Å². The van der Waals surface area contributed by atoms with Gasteiger partial charge in [-0.3, -0.25) is 14.3 Å². The van der Waals surface area contributed by atoms with Gasteiger partial charge in [-0.05, 0) is 6.92 Å². The SMILES string of the molecule is Cc1cn([C@H]2C[C@H](O)[C@@H](C(O)C(=O)O)O2)c(=O)[nH]c1=O. The number of carbonyl (C=O) groups is 1. The van der Waals surface area contributed by atoms with E-state index in [0.717, 1.165) is 4.57 Å². The molecule has 1 aliphatic rings. The number of hydrogen-bond donors (Lipinski definition) is 4. The summed E-state index contributed by atoms with van der Waals surface area (Å²) in [5.74, 6) is -1.53. The largest absolute Gasteiger partial charge is 0.479 e. The van der Waals surface area contributed by atoms with E-state index >= 15 is 0 Å². The Kier molecular flexibility index (Phi) is 3.75. The Bertz CT molecular complexity index is 634. The van der Waals surface area contributed by atoms with Crippen molar-refractivity contribution < 1.29 is 24.9 Å². The van der Waals surface area contributed by atoms with E-state index in [0.29, 0.717) is 0 Å². The molecule has 1 fully saturated rings. The van der Waals surface area contributed by atoms with E-state index < -0.39 is 41.8 Å². The highest BCUT2D eigenvalue weighted by molar-refractivity contribution is 5.72. The monoisotopic (exact) mass is 286 g/mol.